The van der Waals surface area contributed by atoms with Gasteiger partial charge in [-0.1, -0.05) is 12.1 Å². The summed E-state index contributed by atoms with van der Waals surface area (Å²) in [5, 5.41) is 9.75. The number of aliphatic hydroxyl groups excluding tert-OH is 1. The lowest BCUT2D eigenvalue weighted by Crippen LogP contribution is -2.31. The van der Waals surface area contributed by atoms with Crippen molar-refractivity contribution in [2.45, 2.75) is 12.5 Å². The molecule has 1 N–H and O–H groups in total. The van der Waals surface area contributed by atoms with Gasteiger partial charge in [0.15, 0.2) is 16.9 Å². The summed E-state index contributed by atoms with van der Waals surface area (Å²) in [7, 11) is 4.50. The predicted octanol–water partition coefficient (Wildman–Crippen LogP) is 2.75. The summed E-state index contributed by atoms with van der Waals surface area (Å²) >= 11 is 0. The van der Waals surface area contributed by atoms with Crippen LogP contribution in [0.3, 0.4) is 0 Å². The van der Waals surface area contributed by atoms with Gasteiger partial charge in [-0.25, -0.2) is 0 Å². The molecule has 1 atom stereocenters. The minimum absolute atomic E-state index is 0.0143. The van der Waals surface area contributed by atoms with Crippen molar-refractivity contribution >= 4 is 16.9 Å². The topological polar surface area (TPSA) is 98.4 Å². The highest BCUT2D eigenvalue weighted by molar-refractivity contribution is 5.99. The Bertz CT molecular complexity index is 1180. The maximum absolute atomic E-state index is 13.4. The number of rotatable bonds is 7. The Balaban J connectivity index is 1.99. The molecule has 2 aromatic carbocycles. The highest BCUT2D eigenvalue weighted by atomic mass is 16.5. The van der Waals surface area contributed by atoms with Gasteiger partial charge < -0.3 is 28.6 Å². The summed E-state index contributed by atoms with van der Waals surface area (Å²) in [4.78, 5) is 28.2. The van der Waals surface area contributed by atoms with E-state index in [0.717, 1.165) is 0 Å². The van der Waals surface area contributed by atoms with Crippen LogP contribution in [-0.2, 0) is 0 Å². The van der Waals surface area contributed by atoms with Crippen LogP contribution in [0.25, 0.3) is 11.0 Å². The van der Waals surface area contributed by atoms with Crippen LogP contribution < -0.4 is 19.6 Å². The molecule has 0 bridgehead atoms. The molecular formula is C23H23NO7. The van der Waals surface area contributed by atoms with Crippen molar-refractivity contribution in [2.75, 3.05) is 34.5 Å². The Labute approximate surface area is 178 Å². The Morgan fingerprint density at radius 3 is 2.32 bits per heavy atom. The smallest absolute Gasteiger partial charge is 0.290 e. The molecule has 1 unspecified atom stereocenters. The standard InChI is InChI=1S/C23H23NO7/c1-28-16-11-13(12-17(29-2)21(16)30-3)19-18-20(26)14-7-4-5-8-15(14)31-22(18)23(27)24(19)9-6-10-25/h4-5,7-8,11-12,19,25H,6,9-10H2,1-3H3. The van der Waals surface area contributed by atoms with Crippen LogP contribution in [0.15, 0.2) is 45.6 Å². The maximum atomic E-state index is 13.4. The minimum atomic E-state index is -0.719. The molecular weight excluding hydrogens is 402 g/mol. The summed E-state index contributed by atoms with van der Waals surface area (Å²) in [6, 6.07) is 9.55. The highest BCUT2D eigenvalue weighted by Gasteiger charge is 2.43. The zero-order valence-corrected chi connectivity index (χ0v) is 17.5. The zero-order chi connectivity index (χ0) is 22.1. The molecule has 8 heteroatoms. The average Bonchev–Trinajstić information content (AvgIpc) is 3.08. The Morgan fingerprint density at radius 2 is 1.71 bits per heavy atom. The molecule has 0 aliphatic carbocycles. The summed E-state index contributed by atoms with van der Waals surface area (Å²) in [6.45, 7) is 0.155. The van der Waals surface area contributed by atoms with Gasteiger partial charge in [0.1, 0.15) is 5.58 Å². The number of methoxy groups -OCH3 is 3. The van der Waals surface area contributed by atoms with E-state index < -0.39 is 11.9 Å². The van der Waals surface area contributed by atoms with Crippen LogP contribution in [0.1, 0.15) is 34.1 Å². The predicted molar refractivity (Wildman–Crippen MR) is 113 cm³/mol. The number of ether oxygens (including phenoxy) is 3. The van der Waals surface area contributed by atoms with Crippen molar-refractivity contribution in [3.05, 3.63) is 63.5 Å². The van der Waals surface area contributed by atoms with Gasteiger partial charge in [-0.3, -0.25) is 9.59 Å². The largest absolute Gasteiger partial charge is 0.493 e. The molecule has 4 rings (SSSR count). The fraction of sp³-hybridized carbons (Fsp3) is 0.304. The van der Waals surface area contributed by atoms with Crippen LogP contribution in [0.2, 0.25) is 0 Å². The molecule has 0 spiro atoms. The van der Waals surface area contributed by atoms with E-state index in [-0.39, 0.29) is 29.9 Å². The number of carbonyl (C=O) groups excluding carboxylic acids is 1. The van der Waals surface area contributed by atoms with Crippen molar-refractivity contribution in [1.82, 2.24) is 4.90 Å². The Hall–Kier alpha value is -3.52. The van der Waals surface area contributed by atoms with Crippen molar-refractivity contribution in [1.29, 1.82) is 0 Å². The average molecular weight is 425 g/mol. The van der Waals surface area contributed by atoms with Gasteiger partial charge >= 0.3 is 0 Å². The SMILES string of the molecule is COc1cc(C2c3c(oc4ccccc4c3=O)C(=O)N2CCCO)cc(OC)c1OC. The van der Waals surface area contributed by atoms with E-state index >= 15 is 0 Å². The van der Waals surface area contributed by atoms with Gasteiger partial charge in [0.05, 0.1) is 38.3 Å². The summed E-state index contributed by atoms with van der Waals surface area (Å²) in [5.74, 6) is 0.839. The van der Waals surface area contributed by atoms with E-state index in [1.54, 1.807) is 36.4 Å². The lowest BCUT2D eigenvalue weighted by Gasteiger charge is -2.26. The molecule has 2 heterocycles. The lowest BCUT2D eigenvalue weighted by molar-refractivity contribution is 0.0716. The van der Waals surface area contributed by atoms with Gasteiger partial charge in [-0.2, -0.15) is 0 Å². The quantitative estimate of drug-likeness (QED) is 0.621. The van der Waals surface area contributed by atoms with Crippen molar-refractivity contribution < 1.29 is 28.5 Å². The first-order valence-electron chi connectivity index (χ1n) is 9.83. The van der Waals surface area contributed by atoms with E-state index in [4.69, 9.17) is 18.6 Å². The molecule has 0 saturated carbocycles. The van der Waals surface area contributed by atoms with E-state index in [2.05, 4.69) is 0 Å². The molecule has 0 radical (unpaired) electrons. The first-order valence-corrected chi connectivity index (χ1v) is 9.83. The third-order valence-electron chi connectivity index (χ3n) is 5.43. The molecule has 162 valence electrons. The third-order valence-corrected chi connectivity index (χ3v) is 5.43. The second kappa shape index (κ2) is 8.31. The molecule has 3 aromatic rings. The molecule has 1 aliphatic rings. The molecule has 0 fully saturated rings. The van der Waals surface area contributed by atoms with Gasteiger partial charge in [0.2, 0.25) is 11.5 Å². The number of nitrogens with zero attached hydrogens (tertiary/aromatic N) is 1. The monoisotopic (exact) mass is 425 g/mol. The number of aliphatic hydroxyl groups is 1. The molecule has 31 heavy (non-hydrogen) atoms. The van der Waals surface area contributed by atoms with E-state index in [1.165, 1.54) is 26.2 Å². The summed E-state index contributed by atoms with van der Waals surface area (Å²) in [6.07, 6.45) is 0.356. The van der Waals surface area contributed by atoms with E-state index in [0.29, 0.717) is 40.2 Å². The summed E-state index contributed by atoms with van der Waals surface area (Å²) in [5.41, 5.74) is 0.959. The van der Waals surface area contributed by atoms with Crippen LogP contribution in [0.4, 0.5) is 0 Å². The third kappa shape index (κ3) is 3.29. The van der Waals surface area contributed by atoms with E-state index in [9.17, 15) is 14.7 Å². The fourth-order valence-corrected chi connectivity index (χ4v) is 4.04. The Morgan fingerprint density at radius 1 is 1.03 bits per heavy atom. The number of para-hydroxylation sites is 1. The first-order chi connectivity index (χ1) is 15.0. The van der Waals surface area contributed by atoms with Gasteiger partial charge in [-0.15, -0.1) is 0 Å². The second-order valence-electron chi connectivity index (χ2n) is 7.11. The van der Waals surface area contributed by atoms with Gasteiger partial charge in [0.25, 0.3) is 5.91 Å². The second-order valence-corrected chi connectivity index (χ2v) is 7.11. The van der Waals surface area contributed by atoms with Crippen LogP contribution >= 0.6 is 0 Å². The number of hydrogen-bond donors (Lipinski definition) is 1. The minimum Gasteiger partial charge on any atom is -0.493 e. The lowest BCUT2D eigenvalue weighted by atomic mass is 9.97. The number of fused-ring (bicyclic) bond motifs is 2. The van der Waals surface area contributed by atoms with Crippen LogP contribution in [-0.4, -0.2) is 50.4 Å². The van der Waals surface area contributed by atoms with Gasteiger partial charge in [-0.05, 0) is 36.2 Å². The Kier molecular flexibility index (Phi) is 5.56. The molecule has 1 amide bonds. The van der Waals surface area contributed by atoms with E-state index in [1.807, 2.05) is 0 Å². The molecule has 1 aromatic heterocycles. The molecule has 8 nitrogen and oxygen atoms in total. The molecule has 0 saturated heterocycles. The zero-order valence-electron chi connectivity index (χ0n) is 17.5. The maximum Gasteiger partial charge on any atom is 0.290 e. The highest BCUT2D eigenvalue weighted by Crippen LogP contribution is 2.44. The number of carbonyl (C=O) groups is 1. The summed E-state index contributed by atoms with van der Waals surface area (Å²) < 4.78 is 22.2. The van der Waals surface area contributed by atoms with Gasteiger partial charge in [0, 0.05) is 13.2 Å². The number of hydrogen-bond acceptors (Lipinski definition) is 7. The van der Waals surface area contributed by atoms with Crippen molar-refractivity contribution in [3.8, 4) is 17.2 Å². The van der Waals surface area contributed by atoms with Crippen LogP contribution in [0, 0.1) is 0 Å². The first kappa shape index (κ1) is 20.7. The van der Waals surface area contributed by atoms with Crippen molar-refractivity contribution in [3.63, 3.8) is 0 Å². The van der Waals surface area contributed by atoms with Crippen molar-refractivity contribution in [2.24, 2.45) is 0 Å². The fourth-order valence-electron chi connectivity index (χ4n) is 4.04. The number of benzene rings is 2. The molecule has 1 aliphatic heterocycles. The normalized spacial score (nSPS) is 15.3. The van der Waals surface area contributed by atoms with Crippen LogP contribution in [0.5, 0.6) is 17.2 Å². The number of amides is 1.